The van der Waals surface area contributed by atoms with Crippen molar-refractivity contribution in [2.24, 2.45) is 5.73 Å². The number of piperidine rings is 1. The van der Waals surface area contributed by atoms with Crippen LogP contribution in [0.1, 0.15) is 12.8 Å². The van der Waals surface area contributed by atoms with E-state index in [9.17, 15) is 12.8 Å². The minimum atomic E-state index is -3.08. The zero-order valence-electron chi connectivity index (χ0n) is 12.1. The smallest absolute Gasteiger partial charge is 0.150 e. The highest BCUT2D eigenvalue weighted by molar-refractivity contribution is 7.90. The van der Waals surface area contributed by atoms with Gasteiger partial charge in [-0.2, -0.15) is 0 Å². The van der Waals surface area contributed by atoms with Crippen LogP contribution in [0.2, 0.25) is 0 Å². The van der Waals surface area contributed by atoms with Crippen molar-refractivity contribution in [1.29, 1.82) is 0 Å². The van der Waals surface area contributed by atoms with Crippen LogP contribution < -0.4 is 15.4 Å². The average molecular weight is 316 g/mol. The summed E-state index contributed by atoms with van der Waals surface area (Å²) in [6.45, 7) is 1.45. The van der Waals surface area contributed by atoms with Crippen LogP contribution in [0, 0.1) is 5.82 Å². The monoisotopic (exact) mass is 316 g/mol. The van der Waals surface area contributed by atoms with Gasteiger partial charge in [0.05, 0.1) is 11.4 Å². The number of benzene rings is 1. The second-order valence-electron chi connectivity index (χ2n) is 5.44. The molecule has 1 atom stereocenters. The van der Waals surface area contributed by atoms with Gasteiger partial charge < -0.3 is 15.4 Å². The molecule has 7 heteroatoms. The van der Waals surface area contributed by atoms with Crippen LogP contribution >= 0.6 is 0 Å². The summed E-state index contributed by atoms with van der Waals surface area (Å²) in [5.41, 5.74) is 6.42. The van der Waals surface area contributed by atoms with E-state index < -0.39 is 9.84 Å². The second-order valence-corrected chi connectivity index (χ2v) is 7.70. The van der Waals surface area contributed by atoms with Crippen molar-refractivity contribution in [3.63, 3.8) is 0 Å². The van der Waals surface area contributed by atoms with E-state index in [4.69, 9.17) is 10.5 Å². The molecule has 1 aromatic carbocycles. The Labute approximate surface area is 124 Å². The van der Waals surface area contributed by atoms with E-state index in [0.29, 0.717) is 18.0 Å². The molecule has 0 aromatic heterocycles. The first kappa shape index (κ1) is 16.0. The molecule has 1 heterocycles. The molecule has 2 rings (SSSR count). The van der Waals surface area contributed by atoms with E-state index in [1.165, 1.54) is 6.07 Å². The summed E-state index contributed by atoms with van der Waals surface area (Å²) < 4.78 is 41.4. The van der Waals surface area contributed by atoms with E-state index in [-0.39, 0.29) is 24.2 Å². The lowest BCUT2D eigenvalue weighted by atomic mass is 10.1. The summed E-state index contributed by atoms with van der Waals surface area (Å²) in [4.78, 5) is 1.93. The molecule has 0 radical (unpaired) electrons. The maximum absolute atomic E-state index is 14.1. The summed E-state index contributed by atoms with van der Waals surface area (Å²) in [7, 11) is -3.08. The Morgan fingerprint density at radius 1 is 1.48 bits per heavy atom. The zero-order chi connectivity index (χ0) is 15.5. The van der Waals surface area contributed by atoms with Crippen molar-refractivity contribution in [2.75, 3.05) is 36.6 Å². The third kappa shape index (κ3) is 4.86. The molecular formula is C14H21FN2O3S. The van der Waals surface area contributed by atoms with Crippen molar-refractivity contribution >= 4 is 15.5 Å². The molecule has 1 unspecified atom stereocenters. The van der Waals surface area contributed by atoms with Crippen LogP contribution in [0.15, 0.2) is 18.2 Å². The minimum absolute atomic E-state index is 0.0200. The lowest BCUT2D eigenvalue weighted by Crippen LogP contribution is -2.43. The quantitative estimate of drug-likeness (QED) is 0.883. The van der Waals surface area contributed by atoms with Gasteiger partial charge in [0.2, 0.25) is 0 Å². The lowest BCUT2D eigenvalue weighted by molar-refractivity contribution is 0.339. The van der Waals surface area contributed by atoms with E-state index in [0.717, 1.165) is 25.6 Å². The van der Waals surface area contributed by atoms with Crippen LogP contribution in [0.25, 0.3) is 0 Å². The summed E-state index contributed by atoms with van der Waals surface area (Å²) >= 11 is 0. The molecule has 0 aliphatic carbocycles. The topological polar surface area (TPSA) is 72.6 Å². The molecule has 1 fully saturated rings. The normalized spacial score (nSPS) is 19.6. The van der Waals surface area contributed by atoms with Gasteiger partial charge in [-0.15, -0.1) is 0 Å². The number of halogens is 1. The van der Waals surface area contributed by atoms with E-state index >= 15 is 0 Å². The highest BCUT2D eigenvalue weighted by atomic mass is 32.2. The number of ether oxygens (including phenoxy) is 1. The molecule has 1 saturated heterocycles. The highest BCUT2D eigenvalue weighted by Crippen LogP contribution is 2.26. The molecule has 1 aliphatic heterocycles. The summed E-state index contributed by atoms with van der Waals surface area (Å²) in [5, 5.41) is 0. The number of anilines is 1. The maximum atomic E-state index is 14.1. The molecule has 118 valence electrons. The van der Waals surface area contributed by atoms with Crippen molar-refractivity contribution in [3.8, 4) is 5.75 Å². The van der Waals surface area contributed by atoms with Gasteiger partial charge in [0, 0.05) is 31.5 Å². The van der Waals surface area contributed by atoms with Gasteiger partial charge >= 0.3 is 0 Å². The van der Waals surface area contributed by atoms with Gasteiger partial charge in [0.1, 0.15) is 18.2 Å². The Hall–Kier alpha value is -1.34. The van der Waals surface area contributed by atoms with Gasteiger partial charge in [0.15, 0.2) is 9.84 Å². The molecule has 0 bridgehead atoms. The van der Waals surface area contributed by atoms with Gasteiger partial charge in [-0.1, -0.05) is 0 Å². The predicted octanol–water partition coefficient (Wildman–Crippen LogP) is 1.18. The Morgan fingerprint density at radius 3 is 2.86 bits per heavy atom. The van der Waals surface area contributed by atoms with E-state index in [1.54, 1.807) is 12.1 Å². The Balaban J connectivity index is 2.00. The number of nitrogens with two attached hydrogens (primary N) is 1. The maximum Gasteiger partial charge on any atom is 0.150 e. The zero-order valence-corrected chi connectivity index (χ0v) is 12.9. The highest BCUT2D eigenvalue weighted by Gasteiger charge is 2.19. The van der Waals surface area contributed by atoms with Gasteiger partial charge in [-0.05, 0) is 25.0 Å². The number of nitrogens with zero attached hydrogens (tertiary/aromatic N) is 1. The Bertz CT molecular complexity index is 592. The van der Waals surface area contributed by atoms with Gasteiger partial charge in [0.25, 0.3) is 0 Å². The van der Waals surface area contributed by atoms with Crippen LogP contribution in [0.3, 0.4) is 0 Å². The third-order valence-corrected chi connectivity index (χ3v) is 4.35. The van der Waals surface area contributed by atoms with Crippen LogP contribution in [0.4, 0.5) is 10.1 Å². The standard InChI is InChI=1S/C14H21FN2O3S/c1-21(18,19)8-7-20-12-4-5-14(13(15)9-12)17-6-2-3-11(16)10-17/h4-5,9,11H,2-3,6-8,10,16H2,1H3. The number of rotatable bonds is 5. The minimum Gasteiger partial charge on any atom is -0.492 e. The fraction of sp³-hybridized carbons (Fsp3) is 0.571. The molecule has 5 nitrogen and oxygen atoms in total. The largest absolute Gasteiger partial charge is 0.492 e. The van der Waals surface area contributed by atoms with Gasteiger partial charge in [-0.25, -0.2) is 12.8 Å². The number of hydrogen-bond acceptors (Lipinski definition) is 5. The first-order chi connectivity index (χ1) is 9.85. The molecule has 0 spiro atoms. The number of sulfone groups is 1. The first-order valence-electron chi connectivity index (χ1n) is 6.96. The second kappa shape index (κ2) is 6.62. The fourth-order valence-electron chi connectivity index (χ4n) is 2.37. The van der Waals surface area contributed by atoms with Gasteiger partial charge in [-0.3, -0.25) is 0 Å². The lowest BCUT2D eigenvalue weighted by Gasteiger charge is -2.32. The average Bonchev–Trinajstić information content (AvgIpc) is 2.37. The van der Waals surface area contributed by atoms with Crippen molar-refractivity contribution < 1.29 is 17.5 Å². The molecule has 0 amide bonds. The SMILES string of the molecule is CS(=O)(=O)CCOc1ccc(N2CCCC(N)C2)c(F)c1. The predicted molar refractivity (Wildman–Crippen MR) is 81.0 cm³/mol. The molecule has 1 aromatic rings. The van der Waals surface area contributed by atoms with E-state index in [2.05, 4.69) is 0 Å². The summed E-state index contributed by atoms with van der Waals surface area (Å²) in [5.74, 6) is -0.126. The van der Waals surface area contributed by atoms with Crippen molar-refractivity contribution in [3.05, 3.63) is 24.0 Å². The molecule has 21 heavy (non-hydrogen) atoms. The summed E-state index contributed by atoms with van der Waals surface area (Å²) in [6, 6.07) is 4.67. The van der Waals surface area contributed by atoms with Crippen molar-refractivity contribution in [2.45, 2.75) is 18.9 Å². The Kier molecular flexibility index (Phi) is 5.05. The molecule has 0 saturated carbocycles. The molecule has 1 aliphatic rings. The van der Waals surface area contributed by atoms with Crippen LogP contribution in [-0.2, 0) is 9.84 Å². The summed E-state index contributed by atoms with van der Waals surface area (Å²) in [6.07, 6.45) is 3.05. The third-order valence-electron chi connectivity index (χ3n) is 3.44. The van der Waals surface area contributed by atoms with Crippen molar-refractivity contribution in [1.82, 2.24) is 0 Å². The molecule has 2 N–H and O–H groups in total. The van der Waals surface area contributed by atoms with Crippen LogP contribution in [-0.4, -0.2) is 46.2 Å². The fourth-order valence-corrected chi connectivity index (χ4v) is 2.76. The first-order valence-corrected chi connectivity index (χ1v) is 9.02. The van der Waals surface area contributed by atoms with Crippen LogP contribution in [0.5, 0.6) is 5.75 Å². The Morgan fingerprint density at radius 2 is 2.24 bits per heavy atom. The molecular weight excluding hydrogens is 295 g/mol. The van der Waals surface area contributed by atoms with E-state index in [1.807, 2.05) is 4.90 Å². The number of hydrogen-bond donors (Lipinski definition) is 1.